The minimum atomic E-state index is 0.222. The van der Waals surface area contributed by atoms with Crippen molar-refractivity contribution in [1.29, 1.82) is 5.26 Å². The zero-order valence-electron chi connectivity index (χ0n) is 14.6. The summed E-state index contributed by atoms with van der Waals surface area (Å²) in [7, 11) is 1.59. The Labute approximate surface area is 151 Å². The largest absolute Gasteiger partial charge is 0.508 e. The molecule has 2 N–H and O–H groups in total. The first-order chi connectivity index (χ1) is 12.6. The zero-order valence-corrected chi connectivity index (χ0v) is 14.6. The summed E-state index contributed by atoms with van der Waals surface area (Å²) in [5, 5.41) is 23.5. The Morgan fingerprint density at radius 1 is 1.19 bits per heavy atom. The molecule has 1 aromatic heterocycles. The van der Waals surface area contributed by atoms with Crippen LogP contribution in [-0.4, -0.2) is 30.4 Å². The SMILES string of the molecule is COCCOc1ccc2c(Nc3ccc(C)c(O)c3)ccnc2c1C#N. The molecule has 6 nitrogen and oxygen atoms in total. The number of benzene rings is 2. The van der Waals surface area contributed by atoms with Gasteiger partial charge in [-0.1, -0.05) is 6.07 Å². The monoisotopic (exact) mass is 349 g/mol. The van der Waals surface area contributed by atoms with Crippen molar-refractivity contribution < 1.29 is 14.6 Å². The van der Waals surface area contributed by atoms with Crippen molar-refractivity contribution in [2.24, 2.45) is 0 Å². The number of hydrogen-bond acceptors (Lipinski definition) is 6. The molecule has 0 unspecified atom stereocenters. The van der Waals surface area contributed by atoms with Crippen LogP contribution in [0.15, 0.2) is 42.6 Å². The molecule has 0 aliphatic heterocycles. The maximum absolute atomic E-state index is 9.89. The molecule has 0 aliphatic carbocycles. The fourth-order valence-corrected chi connectivity index (χ4v) is 2.62. The molecule has 2 aromatic carbocycles. The van der Waals surface area contributed by atoms with Gasteiger partial charge in [0.25, 0.3) is 0 Å². The summed E-state index contributed by atoms with van der Waals surface area (Å²) in [5.74, 6) is 0.703. The number of nitriles is 1. The van der Waals surface area contributed by atoms with Crippen LogP contribution in [0.4, 0.5) is 11.4 Å². The van der Waals surface area contributed by atoms with E-state index in [-0.39, 0.29) is 5.75 Å². The molecule has 3 rings (SSSR count). The Kier molecular flexibility index (Phi) is 5.20. The van der Waals surface area contributed by atoms with Crippen molar-refractivity contribution in [3.05, 3.63) is 53.7 Å². The third-order valence-electron chi connectivity index (χ3n) is 4.02. The number of phenols is 1. The predicted molar refractivity (Wildman–Crippen MR) is 100.0 cm³/mol. The summed E-state index contributed by atoms with van der Waals surface area (Å²) in [5.41, 5.74) is 3.29. The molecule has 1 heterocycles. The van der Waals surface area contributed by atoms with E-state index in [2.05, 4.69) is 16.4 Å². The smallest absolute Gasteiger partial charge is 0.139 e. The Balaban J connectivity index is 1.99. The van der Waals surface area contributed by atoms with E-state index in [4.69, 9.17) is 9.47 Å². The fourth-order valence-electron chi connectivity index (χ4n) is 2.62. The van der Waals surface area contributed by atoms with Gasteiger partial charge in [0.15, 0.2) is 0 Å². The van der Waals surface area contributed by atoms with Gasteiger partial charge >= 0.3 is 0 Å². The molecule has 0 atom stereocenters. The molecule has 0 bridgehead atoms. The van der Waals surface area contributed by atoms with Crippen molar-refractivity contribution in [1.82, 2.24) is 4.98 Å². The first kappa shape index (κ1) is 17.5. The number of nitrogens with one attached hydrogen (secondary N) is 1. The van der Waals surface area contributed by atoms with Crippen LogP contribution in [0.2, 0.25) is 0 Å². The molecule has 3 aromatic rings. The highest BCUT2D eigenvalue weighted by atomic mass is 16.5. The van der Waals surface area contributed by atoms with Crippen LogP contribution in [0.1, 0.15) is 11.1 Å². The van der Waals surface area contributed by atoms with Crippen LogP contribution in [0.3, 0.4) is 0 Å². The van der Waals surface area contributed by atoms with Crippen LogP contribution >= 0.6 is 0 Å². The molecule has 0 amide bonds. The van der Waals surface area contributed by atoms with Gasteiger partial charge in [-0.3, -0.25) is 4.98 Å². The molecule has 0 saturated carbocycles. The normalized spacial score (nSPS) is 10.5. The third kappa shape index (κ3) is 3.53. The molecule has 26 heavy (non-hydrogen) atoms. The van der Waals surface area contributed by atoms with Crippen molar-refractivity contribution in [2.75, 3.05) is 25.6 Å². The topological polar surface area (TPSA) is 87.4 Å². The minimum absolute atomic E-state index is 0.222. The van der Waals surface area contributed by atoms with Crippen LogP contribution in [0.5, 0.6) is 11.5 Å². The number of aromatic hydroxyl groups is 1. The van der Waals surface area contributed by atoms with Crippen molar-refractivity contribution >= 4 is 22.3 Å². The van der Waals surface area contributed by atoms with Crippen LogP contribution in [-0.2, 0) is 4.74 Å². The summed E-state index contributed by atoms with van der Waals surface area (Å²) in [6.45, 7) is 2.64. The average molecular weight is 349 g/mol. The van der Waals surface area contributed by atoms with Gasteiger partial charge in [0.1, 0.15) is 29.7 Å². The Bertz CT molecular complexity index is 980. The van der Waals surface area contributed by atoms with Gasteiger partial charge in [0.05, 0.1) is 12.1 Å². The number of aryl methyl sites for hydroxylation is 1. The van der Waals surface area contributed by atoms with Gasteiger partial charge in [-0.2, -0.15) is 5.26 Å². The van der Waals surface area contributed by atoms with Crippen LogP contribution in [0.25, 0.3) is 10.9 Å². The van der Waals surface area contributed by atoms with E-state index < -0.39 is 0 Å². The number of fused-ring (bicyclic) bond motifs is 1. The van der Waals surface area contributed by atoms with Gasteiger partial charge in [-0.15, -0.1) is 0 Å². The van der Waals surface area contributed by atoms with Crippen molar-refractivity contribution in [3.63, 3.8) is 0 Å². The maximum atomic E-state index is 9.89. The first-order valence-corrected chi connectivity index (χ1v) is 8.14. The van der Waals surface area contributed by atoms with Crippen LogP contribution < -0.4 is 10.1 Å². The number of hydrogen-bond donors (Lipinski definition) is 2. The first-order valence-electron chi connectivity index (χ1n) is 8.14. The standard InChI is InChI=1S/C20H19N3O3/c1-13-3-4-14(11-18(13)24)23-17-7-8-22-20-15(17)5-6-19(16(20)12-21)26-10-9-25-2/h3-8,11,24H,9-10H2,1-2H3,(H,22,23). The molecule has 0 radical (unpaired) electrons. The number of rotatable bonds is 6. The lowest BCUT2D eigenvalue weighted by Gasteiger charge is -2.13. The number of nitrogens with zero attached hydrogens (tertiary/aromatic N) is 2. The summed E-state index contributed by atoms with van der Waals surface area (Å²) >= 11 is 0. The summed E-state index contributed by atoms with van der Waals surface area (Å²) in [4.78, 5) is 4.35. The number of phenolic OH excluding ortho intramolecular Hbond substituents is 1. The van der Waals surface area contributed by atoms with E-state index in [1.54, 1.807) is 25.4 Å². The second-order valence-corrected chi connectivity index (χ2v) is 5.77. The quantitative estimate of drug-likeness (QED) is 0.657. The second kappa shape index (κ2) is 7.72. The lowest BCUT2D eigenvalue weighted by atomic mass is 10.1. The highest BCUT2D eigenvalue weighted by Gasteiger charge is 2.13. The predicted octanol–water partition coefficient (Wildman–Crippen LogP) is 3.89. The molecule has 0 aliphatic rings. The highest BCUT2D eigenvalue weighted by Crippen LogP contribution is 2.32. The van der Waals surface area contributed by atoms with Gasteiger partial charge in [-0.25, -0.2) is 0 Å². The van der Waals surface area contributed by atoms with E-state index in [0.29, 0.717) is 30.0 Å². The van der Waals surface area contributed by atoms with Gasteiger partial charge in [-0.05, 0) is 36.8 Å². The number of aromatic nitrogens is 1. The van der Waals surface area contributed by atoms with Gasteiger partial charge < -0.3 is 19.9 Å². The van der Waals surface area contributed by atoms with E-state index in [0.717, 1.165) is 22.3 Å². The maximum Gasteiger partial charge on any atom is 0.139 e. The Hall–Kier alpha value is -3.30. The zero-order chi connectivity index (χ0) is 18.5. The average Bonchev–Trinajstić information content (AvgIpc) is 2.65. The molecule has 0 spiro atoms. The number of pyridine rings is 1. The number of methoxy groups -OCH3 is 1. The molecular formula is C20H19N3O3. The molecule has 0 fully saturated rings. The van der Waals surface area contributed by atoms with Gasteiger partial charge in [0, 0.05) is 36.1 Å². The van der Waals surface area contributed by atoms with E-state index in [1.165, 1.54) is 0 Å². The third-order valence-corrected chi connectivity index (χ3v) is 4.02. The number of anilines is 2. The van der Waals surface area contributed by atoms with Crippen molar-refractivity contribution in [3.8, 4) is 17.6 Å². The van der Waals surface area contributed by atoms with Gasteiger partial charge in [0.2, 0.25) is 0 Å². The molecule has 6 heteroatoms. The van der Waals surface area contributed by atoms with E-state index in [9.17, 15) is 10.4 Å². The lowest BCUT2D eigenvalue weighted by molar-refractivity contribution is 0.146. The Morgan fingerprint density at radius 3 is 2.77 bits per heavy atom. The lowest BCUT2D eigenvalue weighted by Crippen LogP contribution is -2.06. The number of ether oxygens (including phenoxy) is 2. The molecular weight excluding hydrogens is 330 g/mol. The fraction of sp³-hybridized carbons (Fsp3) is 0.200. The molecule has 0 saturated heterocycles. The van der Waals surface area contributed by atoms with E-state index in [1.807, 2.05) is 31.2 Å². The summed E-state index contributed by atoms with van der Waals surface area (Å²) < 4.78 is 10.6. The molecule has 132 valence electrons. The second-order valence-electron chi connectivity index (χ2n) is 5.77. The van der Waals surface area contributed by atoms with Crippen LogP contribution in [0, 0.1) is 18.3 Å². The minimum Gasteiger partial charge on any atom is -0.508 e. The highest BCUT2D eigenvalue weighted by molar-refractivity contribution is 5.97. The summed E-state index contributed by atoms with van der Waals surface area (Å²) in [6.07, 6.45) is 1.64. The van der Waals surface area contributed by atoms with E-state index >= 15 is 0 Å². The Morgan fingerprint density at radius 2 is 2.04 bits per heavy atom. The summed E-state index contributed by atoms with van der Waals surface area (Å²) in [6, 6.07) is 13.0. The van der Waals surface area contributed by atoms with Crippen molar-refractivity contribution in [2.45, 2.75) is 6.92 Å².